The van der Waals surface area contributed by atoms with Gasteiger partial charge in [-0.05, 0) is 43.4 Å². The van der Waals surface area contributed by atoms with Crippen LogP contribution in [0.4, 0.5) is 0 Å². The van der Waals surface area contributed by atoms with Gasteiger partial charge in [0.2, 0.25) is 0 Å². The molecule has 0 spiro atoms. The maximum Gasteiger partial charge on any atom is 0.0478 e. The van der Waals surface area contributed by atoms with E-state index >= 15 is 0 Å². The zero-order valence-corrected chi connectivity index (χ0v) is 13.3. The molecule has 1 aromatic carbocycles. The molecule has 0 aromatic heterocycles. The van der Waals surface area contributed by atoms with Gasteiger partial charge in [0, 0.05) is 11.6 Å². The van der Waals surface area contributed by atoms with Gasteiger partial charge >= 0.3 is 0 Å². The van der Waals surface area contributed by atoms with E-state index in [1.165, 1.54) is 44.1 Å². The minimum Gasteiger partial charge on any atom is -0.313 e. The van der Waals surface area contributed by atoms with Gasteiger partial charge in [-0.2, -0.15) is 0 Å². The van der Waals surface area contributed by atoms with E-state index in [-0.39, 0.29) is 0 Å². The molecule has 1 nitrogen and oxygen atoms in total. The standard InChI is InChI=1S/C18H26ClN/c1-2-12-20-14-17(15-8-4-3-5-9-15)13-16-10-6-7-11-18(16)19/h6-7,10-11,13,15,20H,2-5,8-9,12,14H2,1H3/b17-13-. The summed E-state index contributed by atoms with van der Waals surface area (Å²) in [5, 5.41) is 4.42. The molecule has 0 unspecified atom stereocenters. The third-order valence-electron chi connectivity index (χ3n) is 4.13. The molecule has 110 valence electrons. The molecule has 2 heteroatoms. The Bertz CT molecular complexity index is 433. The lowest BCUT2D eigenvalue weighted by atomic mass is 9.83. The van der Waals surface area contributed by atoms with Gasteiger partial charge in [-0.3, -0.25) is 0 Å². The molecule has 0 atom stereocenters. The number of nitrogens with one attached hydrogen (secondary N) is 1. The van der Waals surface area contributed by atoms with Crippen LogP contribution in [-0.2, 0) is 0 Å². The largest absolute Gasteiger partial charge is 0.313 e. The monoisotopic (exact) mass is 291 g/mol. The summed E-state index contributed by atoms with van der Waals surface area (Å²) < 4.78 is 0. The molecule has 2 rings (SSSR count). The van der Waals surface area contributed by atoms with Crippen molar-refractivity contribution in [3.05, 3.63) is 40.4 Å². The topological polar surface area (TPSA) is 12.0 Å². The molecule has 20 heavy (non-hydrogen) atoms. The predicted octanol–water partition coefficient (Wildman–Crippen LogP) is 5.30. The summed E-state index contributed by atoms with van der Waals surface area (Å²) in [7, 11) is 0. The number of benzene rings is 1. The average Bonchev–Trinajstić information content (AvgIpc) is 2.49. The quantitative estimate of drug-likeness (QED) is 0.701. The van der Waals surface area contributed by atoms with Crippen molar-refractivity contribution in [1.82, 2.24) is 5.32 Å². The minimum absolute atomic E-state index is 0.740. The fourth-order valence-electron chi connectivity index (χ4n) is 2.99. The highest BCUT2D eigenvalue weighted by molar-refractivity contribution is 6.32. The Morgan fingerprint density at radius 2 is 2.00 bits per heavy atom. The molecule has 1 N–H and O–H groups in total. The van der Waals surface area contributed by atoms with E-state index in [2.05, 4.69) is 30.4 Å². The second-order valence-electron chi connectivity index (χ2n) is 5.75. The summed E-state index contributed by atoms with van der Waals surface area (Å²) in [6, 6.07) is 8.15. The van der Waals surface area contributed by atoms with Gasteiger partial charge in [-0.25, -0.2) is 0 Å². The molecule has 1 aliphatic rings. The first-order chi connectivity index (χ1) is 9.81. The van der Waals surface area contributed by atoms with E-state index in [0.717, 1.165) is 29.6 Å². The maximum absolute atomic E-state index is 6.30. The van der Waals surface area contributed by atoms with Gasteiger partial charge in [-0.15, -0.1) is 0 Å². The van der Waals surface area contributed by atoms with Crippen LogP contribution in [0.1, 0.15) is 51.0 Å². The Kier molecular flexibility index (Phi) is 6.62. The van der Waals surface area contributed by atoms with Crippen LogP contribution in [0.3, 0.4) is 0 Å². The smallest absolute Gasteiger partial charge is 0.0478 e. The SMILES string of the molecule is CCCNC/C(=C/c1ccccc1Cl)C1CCCCC1. The lowest BCUT2D eigenvalue weighted by Gasteiger charge is -2.25. The highest BCUT2D eigenvalue weighted by Crippen LogP contribution is 2.31. The molecule has 0 bridgehead atoms. The van der Waals surface area contributed by atoms with Gasteiger partial charge < -0.3 is 5.32 Å². The molecule has 0 aliphatic heterocycles. The molecule has 0 saturated heterocycles. The third kappa shape index (κ3) is 4.64. The summed E-state index contributed by atoms with van der Waals surface area (Å²) >= 11 is 6.30. The first-order valence-electron chi connectivity index (χ1n) is 7.97. The molecule has 1 aliphatic carbocycles. The van der Waals surface area contributed by atoms with E-state index in [1.54, 1.807) is 0 Å². The van der Waals surface area contributed by atoms with E-state index in [4.69, 9.17) is 11.6 Å². The minimum atomic E-state index is 0.740. The summed E-state index contributed by atoms with van der Waals surface area (Å²) in [6.07, 6.45) is 10.3. The summed E-state index contributed by atoms with van der Waals surface area (Å²) in [6.45, 7) is 4.31. The zero-order chi connectivity index (χ0) is 14.2. The van der Waals surface area contributed by atoms with E-state index in [0.29, 0.717) is 0 Å². The third-order valence-corrected chi connectivity index (χ3v) is 4.48. The lowest BCUT2D eigenvalue weighted by Crippen LogP contribution is -2.23. The van der Waals surface area contributed by atoms with Crippen LogP contribution in [0.2, 0.25) is 5.02 Å². The predicted molar refractivity (Wildman–Crippen MR) is 89.2 cm³/mol. The van der Waals surface area contributed by atoms with Crippen molar-refractivity contribution < 1.29 is 0 Å². The zero-order valence-electron chi connectivity index (χ0n) is 12.5. The molecule has 0 radical (unpaired) electrons. The lowest BCUT2D eigenvalue weighted by molar-refractivity contribution is 0.396. The highest BCUT2D eigenvalue weighted by atomic mass is 35.5. The number of hydrogen-bond acceptors (Lipinski definition) is 1. The van der Waals surface area contributed by atoms with Crippen LogP contribution >= 0.6 is 11.6 Å². The Morgan fingerprint density at radius 1 is 1.25 bits per heavy atom. The summed E-state index contributed by atoms with van der Waals surface area (Å²) in [4.78, 5) is 0. The molecule has 1 fully saturated rings. The molecular weight excluding hydrogens is 266 g/mol. The molecule has 1 aromatic rings. The molecular formula is C18H26ClN. The van der Waals surface area contributed by atoms with Gasteiger partial charge in [0.15, 0.2) is 0 Å². The van der Waals surface area contributed by atoms with Crippen LogP contribution < -0.4 is 5.32 Å². The first kappa shape index (κ1) is 15.6. The fourth-order valence-corrected chi connectivity index (χ4v) is 3.18. The number of hydrogen-bond donors (Lipinski definition) is 1. The Morgan fingerprint density at radius 3 is 2.70 bits per heavy atom. The van der Waals surface area contributed by atoms with Crippen molar-refractivity contribution in [2.45, 2.75) is 45.4 Å². The average molecular weight is 292 g/mol. The molecule has 0 heterocycles. The van der Waals surface area contributed by atoms with Gasteiger partial charge in [0.05, 0.1) is 0 Å². The van der Waals surface area contributed by atoms with Gasteiger partial charge in [0.1, 0.15) is 0 Å². The first-order valence-corrected chi connectivity index (χ1v) is 8.34. The molecule has 1 saturated carbocycles. The van der Waals surface area contributed by atoms with Crippen LogP contribution in [0.25, 0.3) is 6.08 Å². The Balaban J connectivity index is 2.13. The number of rotatable bonds is 6. The Hall–Kier alpha value is -0.790. The van der Waals surface area contributed by atoms with E-state index in [1.807, 2.05) is 12.1 Å². The van der Waals surface area contributed by atoms with Crippen LogP contribution in [0.15, 0.2) is 29.8 Å². The van der Waals surface area contributed by atoms with Crippen molar-refractivity contribution in [1.29, 1.82) is 0 Å². The summed E-state index contributed by atoms with van der Waals surface area (Å²) in [5.41, 5.74) is 2.69. The van der Waals surface area contributed by atoms with Crippen molar-refractivity contribution in [3.63, 3.8) is 0 Å². The highest BCUT2D eigenvalue weighted by Gasteiger charge is 2.17. The fraction of sp³-hybridized carbons (Fsp3) is 0.556. The van der Waals surface area contributed by atoms with Crippen molar-refractivity contribution in [3.8, 4) is 0 Å². The van der Waals surface area contributed by atoms with Crippen LogP contribution in [0.5, 0.6) is 0 Å². The normalized spacial score (nSPS) is 17.4. The second-order valence-corrected chi connectivity index (χ2v) is 6.16. The van der Waals surface area contributed by atoms with E-state index < -0.39 is 0 Å². The van der Waals surface area contributed by atoms with Gasteiger partial charge in [0.25, 0.3) is 0 Å². The second kappa shape index (κ2) is 8.49. The van der Waals surface area contributed by atoms with Crippen LogP contribution in [-0.4, -0.2) is 13.1 Å². The van der Waals surface area contributed by atoms with Crippen molar-refractivity contribution in [2.75, 3.05) is 13.1 Å². The molecule has 0 amide bonds. The van der Waals surface area contributed by atoms with E-state index in [9.17, 15) is 0 Å². The summed E-state index contributed by atoms with van der Waals surface area (Å²) in [5.74, 6) is 0.740. The van der Waals surface area contributed by atoms with Gasteiger partial charge in [-0.1, -0.05) is 67.6 Å². The Labute approximate surface area is 128 Å². The van der Waals surface area contributed by atoms with Crippen LogP contribution in [0, 0.1) is 5.92 Å². The van der Waals surface area contributed by atoms with Crippen molar-refractivity contribution in [2.24, 2.45) is 5.92 Å². The number of halogens is 1. The maximum atomic E-state index is 6.30. The van der Waals surface area contributed by atoms with Crippen molar-refractivity contribution >= 4 is 17.7 Å².